The van der Waals surface area contributed by atoms with Crippen molar-refractivity contribution < 1.29 is 19.1 Å². The van der Waals surface area contributed by atoms with Crippen LogP contribution >= 0.6 is 0 Å². The molecular formula is C46H92N2O4. The van der Waals surface area contributed by atoms with Gasteiger partial charge in [-0.15, -0.1) is 0 Å². The standard InChI is InChI=1S/C46H92N2O4/c1-5-9-12-15-20-26-34-43(8-4)51-45(49)37-29-22-17-24-31-40-48(42-33-39-47)41-32-25-18-23-30-38-46(50)52-44(35-27-19-14-11-7-3)36-28-21-16-13-10-6-2/h43-44H,5-42,47H2,1-4H3. The maximum Gasteiger partial charge on any atom is 0.306 e. The molecule has 0 aromatic heterocycles. The number of carbonyl (C=O) groups is 2. The van der Waals surface area contributed by atoms with E-state index in [4.69, 9.17) is 15.2 Å². The number of carbonyl (C=O) groups excluding carboxylic acids is 2. The summed E-state index contributed by atoms with van der Waals surface area (Å²) in [5, 5.41) is 0. The van der Waals surface area contributed by atoms with Gasteiger partial charge in [0.05, 0.1) is 0 Å². The molecule has 0 saturated carbocycles. The molecule has 0 radical (unpaired) electrons. The van der Waals surface area contributed by atoms with Gasteiger partial charge in [0.25, 0.3) is 0 Å². The van der Waals surface area contributed by atoms with E-state index in [-0.39, 0.29) is 24.1 Å². The molecule has 0 amide bonds. The molecule has 0 rings (SSSR count). The zero-order valence-electron chi connectivity index (χ0n) is 35.7. The van der Waals surface area contributed by atoms with Crippen LogP contribution in [0.2, 0.25) is 0 Å². The molecule has 2 N–H and O–H groups in total. The first-order valence-corrected chi connectivity index (χ1v) is 23.3. The van der Waals surface area contributed by atoms with Crippen LogP contribution in [-0.2, 0) is 19.1 Å². The number of hydrogen-bond acceptors (Lipinski definition) is 6. The maximum atomic E-state index is 12.7. The van der Waals surface area contributed by atoms with E-state index in [2.05, 4.69) is 32.6 Å². The minimum Gasteiger partial charge on any atom is -0.462 e. The maximum absolute atomic E-state index is 12.7. The molecule has 0 saturated heterocycles. The van der Waals surface area contributed by atoms with Crippen molar-refractivity contribution in [1.29, 1.82) is 0 Å². The Kier molecular flexibility index (Phi) is 40.1. The van der Waals surface area contributed by atoms with E-state index in [1.165, 1.54) is 148 Å². The number of ether oxygens (including phenoxy) is 2. The van der Waals surface area contributed by atoms with Crippen molar-refractivity contribution >= 4 is 11.9 Å². The van der Waals surface area contributed by atoms with Crippen LogP contribution < -0.4 is 5.73 Å². The highest BCUT2D eigenvalue weighted by Crippen LogP contribution is 2.19. The highest BCUT2D eigenvalue weighted by Gasteiger charge is 2.15. The third-order valence-corrected chi connectivity index (χ3v) is 10.8. The molecule has 6 nitrogen and oxygen atoms in total. The van der Waals surface area contributed by atoms with Crippen molar-refractivity contribution in [2.45, 2.75) is 258 Å². The zero-order valence-corrected chi connectivity index (χ0v) is 35.7. The van der Waals surface area contributed by atoms with E-state index in [9.17, 15) is 9.59 Å². The van der Waals surface area contributed by atoms with E-state index in [1.54, 1.807) is 0 Å². The van der Waals surface area contributed by atoms with Crippen LogP contribution in [0, 0.1) is 0 Å². The van der Waals surface area contributed by atoms with Crippen LogP contribution in [0.1, 0.15) is 246 Å². The number of nitrogens with two attached hydrogens (primary N) is 1. The van der Waals surface area contributed by atoms with Crippen LogP contribution in [-0.4, -0.2) is 55.2 Å². The summed E-state index contributed by atoms with van der Waals surface area (Å²) in [6, 6.07) is 0. The largest absolute Gasteiger partial charge is 0.462 e. The fourth-order valence-electron chi connectivity index (χ4n) is 7.30. The summed E-state index contributed by atoms with van der Waals surface area (Å²) >= 11 is 0. The van der Waals surface area contributed by atoms with Crippen molar-refractivity contribution in [2.24, 2.45) is 5.73 Å². The molecule has 0 aromatic rings. The zero-order chi connectivity index (χ0) is 38.2. The molecule has 2 atom stereocenters. The molecule has 0 spiro atoms. The number of hydrogen-bond donors (Lipinski definition) is 1. The van der Waals surface area contributed by atoms with Gasteiger partial charge in [-0.2, -0.15) is 0 Å². The molecule has 0 aliphatic heterocycles. The molecule has 0 bridgehead atoms. The fraction of sp³-hybridized carbons (Fsp3) is 0.957. The average molecular weight is 737 g/mol. The molecule has 0 heterocycles. The highest BCUT2D eigenvalue weighted by atomic mass is 16.5. The Hall–Kier alpha value is -1.14. The normalized spacial score (nSPS) is 12.7. The predicted molar refractivity (Wildman–Crippen MR) is 225 cm³/mol. The quantitative estimate of drug-likeness (QED) is 0.0496. The minimum atomic E-state index is 0.00154. The summed E-state index contributed by atoms with van der Waals surface area (Å²) in [7, 11) is 0. The second-order valence-electron chi connectivity index (χ2n) is 16.0. The number of nitrogens with zero attached hydrogens (tertiary/aromatic N) is 1. The molecular weight excluding hydrogens is 645 g/mol. The van der Waals surface area contributed by atoms with Crippen LogP contribution in [0.4, 0.5) is 0 Å². The van der Waals surface area contributed by atoms with Gasteiger partial charge in [-0.05, 0) is 103 Å². The van der Waals surface area contributed by atoms with Gasteiger partial charge in [-0.1, -0.05) is 156 Å². The second kappa shape index (κ2) is 41.0. The van der Waals surface area contributed by atoms with Crippen LogP contribution in [0.3, 0.4) is 0 Å². The van der Waals surface area contributed by atoms with E-state index in [0.29, 0.717) is 12.8 Å². The summed E-state index contributed by atoms with van der Waals surface area (Å²) in [6.45, 7) is 13.0. The van der Waals surface area contributed by atoms with E-state index in [0.717, 1.165) is 84.0 Å². The Morgan fingerprint density at radius 3 is 1.15 bits per heavy atom. The SMILES string of the molecule is CCCCCCCCC(CC)OC(=O)CCCCCCCN(CCCN)CCCCCCCC(=O)OC(CCCCCCC)CCCCCCCC. The van der Waals surface area contributed by atoms with Gasteiger partial charge in [-0.3, -0.25) is 9.59 Å². The summed E-state index contributed by atoms with van der Waals surface area (Å²) in [6.07, 6.45) is 39.6. The summed E-state index contributed by atoms with van der Waals surface area (Å²) < 4.78 is 11.8. The van der Waals surface area contributed by atoms with Gasteiger partial charge in [-0.25, -0.2) is 0 Å². The molecule has 0 aliphatic rings. The molecule has 0 aromatic carbocycles. The van der Waals surface area contributed by atoms with Crippen molar-refractivity contribution in [3.63, 3.8) is 0 Å². The molecule has 6 heteroatoms. The van der Waals surface area contributed by atoms with Crippen molar-refractivity contribution in [1.82, 2.24) is 4.90 Å². The smallest absolute Gasteiger partial charge is 0.306 e. The minimum absolute atomic E-state index is 0.00154. The summed E-state index contributed by atoms with van der Waals surface area (Å²) in [5.41, 5.74) is 5.85. The van der Waals surface area contributed by atoms with Gasteiger partial charge >= 0.3 is 11.9 Å². The number of esters is 2. The predicted octanol–water partition coefficient (Wildman–Crippen LogP) is 13.4. The first-order valence-electron chi connectivity index (χ1n) is 23.3. The highest BCUT2D eigenvalue weighted by molar-refractivity contribution is 5.69. The second-order valence-corrected chi connectivity index (χ2v) is 16.0. The Morgan fingerprint density at radius 1 is 0.423 bits per heavy atom. The average Bonchev–Trinajstić information content (AvgIpc) is 3.14. The van der Waals surface area contributed by atoms with Gasteiger partial charge in [0, 0.05) is 12.8 Å². The Morgan fingerprint density at radius 2 is 0.750 bits per heavy atom. The Labute approximate surface area is 325 Å². The topological polar surface area (TPSA) is 81.9 Å². The third kappa shape index (κ3) is 35.9. The lowest BCUT2D eigenvalue weighted by molar-refractivity contribution is -0.150. The van der Waals surface area contributed by atoms with E-state index < -0.39 is 0 Å². The van der Waals surface area contributed by atoms with Crippen LogP contribution in [0.25, 0.3) is 0 Å². The first-order chi connectivity index (χ1) is 25.5. The third-order valence-electron chi connectivity index (χ3n) is 10.8. The lowest BCUT2D eigenvalue weighted by Crippen LogP contribution is -2.28. The monoisotopic (exact) mass is 737 g/mol. The van der Waals surface area contributed by atoms with Gasteiger partial charge < -0.3 is 20.1 Å². The van der Waals surface area contributed by atoms with E-state index in [1.807, 2.05) is 0 Å². The number of unbranched alkanes of at least 4 members (excludes halogenated alkanes) is 22. The lowest BCUT2D eigenvalue weighted by Gasteiger charge is -2.22. The Balaban J connectivity index is 4.10. The number of rotatable bonds is 42. The van der Waals surface area contributed by atoms with E-state index >= 15 is 0 Å². The summed E-state index contributed by atoms with van der Waals surface area (Å²) in [5.74, 6) is 0.0306. The van der Waals surface area contributed by atoms with Gasteiger partial charge in [0.2, 0.25) is 0 Å². The molecule has 52 heavy (non-hydrogen) atoms. The molecule has 0 aliphatic carbocycles. The molecule has 310 valence electrons. The van der Waals surface area contributed by atoms with Crippen molar-refractivity contribution in [2.75, 3.05) is 26.2 Å². The Bertz CT molecular complexity index is 748. The lowest BCUT2D eigenvalue weighted by atomic mass is 10.0. The van der Waals surface area contributed by atoms with Gasteiger partial charge in [0.15, 0.2) is 0 Å². The van der Waals surface area contributed by atoms with Crippen molar-refractivity contribution in [3.05, 3.63) is 0 Å². The summed E-state index contributed by atoms with van der Waals surface area (Å²) in [4.78, 5) is 27.7. The molecule has 2 unspecified atom stereocenters. The van der Waals surface area contributed by atoms with Crippen molar-refractivity contribution in [3.8, 4) is 0 Å². The van der Waals surface area contributed by atoms with Gasteiger partial charge in [0.1, 0.15) is 12.2 Å². The fourth-order valence-corrected chi connectivity index (χ4v) is 7.30. The first kappa shape index (κ1) is 50.9. The van der Waals surface area contributed by atoms with Crippen LogP contribution in [0.15, 0.2) is 0 Å². The van der Waals surface area contributed by atoms with Crippen LogP contribution in [0.5, 0.6) is 0 Å². The molecule has 0 fully saturated rings.